The molecule has 21 heavy (non-hydrogen) atoms. The molecule has 2 rings (SSSR count). The molecule has 0 radical (unpaired) electrons. The minimum atomic E-state index is -0.928. The molecule has 1 heterocycles. The highest BCUT2D eigenvalue weighted by atomic mass is 79.9. The van der Waals surface area contributed by atoms with Crippen molar-refractivity contribution in [3.05, 3.63) is 28.5 Å². The van der Waals surface area contributed by atoms with Crippen LogP contribution in [0.3, 0.4) is 0 Å². The normalized spacial score (nSPS) is 22.2. The van der Waals surface area contributed by atoms with Crippen molar-refractivity contribution in [2.45, 2.75) is 19.4 Å². The summed E-state index contributed by atoms with van der Waals surface area (Å²) in [5.74, 6) is -1.89. The second-order valence-corrected chi connectivity index (χ2v) is 6.11. The van der Waals surface area contributed by atoms with Crippen LogP contribution in [0.1, 0.15) is 13.3 Å². The average Bonchev–Trinajstić information content (AvgIpc) is 2.74. The number of likely N-dealkylation sites (tertiary alicyclic amines) is 1. The summed E-state index contributed by atoms with van der Waals surface area (Å²) in [5, 5.41) is 11.7. The quantitative estimate of drug-likeness (QED) is 0.866. The largest absolute Gasteiger partial charge is 0.480 e. The smallest absolute Gasteiger partial charge is 0.321 e. The first kappa shape index (κ1) is 15.9. The highest BCUT2D eigenvalue weighted by Gasteiger charge is 2.37. The van der Waals surface area contributed by atoms with Gasteiger partial charge in [-0.25, -0.2) is 4.39 Å². The van der Waals surface area contributed by atoms with E-state index in [1.54, 1.807) is 11.0 Å². The van der Waals surface area contributed by atoms with Crippen molar-refractivity contribution in [2.75, 3.05) is 18.4 Å². The summed E-state index contributed by atoms with van der Waals surface area (Å²) in [6, 6.07) is 3.67. The molecule has 2 unspecified atom stereocenters. The van der Waals surface area contributed by atoms with Crippen LogP contribution in [0.25, 0.3) is 0 Å². The molecule has 1 saturated heterocycles. The molecule has 114 valence electrons. The van der Waals surface area contributed by atoms with Gasteiger partial charge in [0.2, 0.25) is 5.91 Å². The van der Waals surface area contributed by atoms with Gasteiger partial charge in [-0.15, -0.1) is 0 Å². The highest BCUT2D eigenvalue weighted by molar-refractivity contribution is 9.10. The number of amides is 1. The molecule has 0 saturated carbocycles. The van der Waals surface area contributed by atoms with Crippen LogP contribution in [-0.4, -0.2) is 41.0 Å². The molecule has 0 aliphatic carbocycles. The fourth-order valence-corrected chi connectivity index (χ4v) is 2.90. The van der Waals surface area contributed by atoms with Crippen LogP contribution in [0, 0.1) is 11.7 Å². The van der Waals surface area contributed by atoms with Gasteiger partial charge in [-0.3, -0.25) is 14.5 Å². The predicted octanol–water partition coefficient (Wildman–Crippen LogP) is 2.32. The van der Waals surface area contributed by atoms with Crippen LogP contribution in [0.5, 0.6) is 0 Å². The maximum atomic E-state index is 13.6. The lowest BCUT2D eigenvalue weighted by Gasteiger charge is -2.22. The summed E-state index contributed by atoms with van der Waals surface area (Å²) in [5.41, 5.74) is 0.0855. The van der Waals surface area contributed by atoms with E-state index in [0.29, 0.717) is 11.0 Å². The standard InChI is InChI=1S/C14H16BrFN2O3/c1-8-4-5-18(13(8)14(20)21)7-12(19)17-11-3-2-9(15)6-10(11)16/h2-3,6,8,13H,4-5,7H2,1H3,(H,17,19)(H,20,21). The van der Waals surface area contributed by atoms with Gasteiger partial charge in [-0.05, 0) is 37.1 Å². The van der Waals surface area contributed by atoms with Gasteiger partial charge >= 0.3 is 5.97 Å². The van der Waals surface area contributed by atoms with E-state index in [2.05, 4.69) is 21.2 Å². The number of nitrogens with one attached hydrogen (secondary N) is 1. The number of anilines is 1. The Morgan fingerprint density at radius 3 is 2.86 bits per heavy atom. The molecule has 7 heteroatoms. The summed E-state index contributed by atoms with van der Waals surface area (Å²) in [7, 11) is 0. The van der Waals surface area contributed by atoms with E-state index in [0.717, 1.165) is 6.42 Å². The Kier molecular flexibility index (Phi) is 4.95. The van der Waals surface area contributed by atoms with Crippen molar-refractivity contribution in [3.8, 4) is 0 Å². The highest BCUT2D eigenvalue weighted by Crippen LogP contribution is 2.24. The number of hydrogen-bond acceptors (Lipinski definition) is 3. The van der Waals surface area contributed by atoms with Gasteiger partial charge in [0.25, 0.3) is 0 Å². The lowest BCUT2D eigenvalue weighted by molar-refractivity contribution is -0.143. The lowest BCUT2D eigenvalue weighted by atomic mass is 10.0. The number of carboxylic acids is 1. The van der Waals surface area contributed by atoms with Gasteiger partial charge in [0, 0.05) is 4.47 Å². The van der Waals surface area contributed by atoms with Crippen molar-refractivity contribution in [1.29, 1.82) is 0 Å². The Morgan fingerprint density at radius 1 is 1.52 bits per heavy atom. The monoisotopic (exact) mass is 358 g/mol. The number of rotatable bonds is 4. The average molecular weight is 359 g/mol. The van der Waals surface area contributed by atoms with E-state index >= 15 is 0 Å². The number of halogens is 2. The Morgan fingerprint density at radius 2 is 2.24 bits per heavy atom. The van der Waals surface area contributed by atoms with E-state index in [4.69, 9.17) is 0 Å². The fraction of sp³-hybridized carbons (Fsp3) is 0.429. The molecular weight excluding hydrogens is 343 g/mol. The Balaban J connectivity index is 2.00. The molecule has 5 nitrogen and oxygen atoms in total. The summed E-state index contributed by atoms with van der Waals surface area (Å²) in [4.78, 5) is 24.8. The van der Waals surface area contributed by atoms with Gasteiger partial charge in [-0.2, -0.15) is 0 Å². The second-order valence-electron chi connectivity index (χ2n) is 5.19. The molecule has 1 aromatic rings. The summed E-state index contributed by atoms with van der Waals surface area (Å²) >= 11 is 3.14. The van der Waals surface area contributed by atoms with E-state index in [9.17, 15) is 19.1 Å². The SMILES string of the molecule is CC1CCN(CC(=O)Nc2ccc(Br)cc2F)C1C(=O)O. The summed E-state index contributed by atoms with van der Waals surface area (Å²) in [6.45, 7) is 2.34. The molecule has 1 amide bonds. The molecular formula is C14H16BrFN2O3. The topological polar surface area (TPSA) is 69.6 Å². The van der Waals surface area contributed by atoms with E-state index in [-0.39, 0.29) is 18.2 Å². The van der Waals surface area contributed by atoms with Gasteiger partial charge < -0.3 is 10.4 Å². The molecule has 0 spiro atoms. The number of nitrogens with zero attached hydrogens (tertiary/aromatic N) is 1. The van der Waals surface area contributed by atoms with Crippen LogP contribution in [-0.2, 0) is 9.59 Å². The lowest BCUT2D eigenvalue weighted by Crippen LogP contribution is -2.43. The molecule has 1 aliphatic rings. The molecule has 2 N–H and O–H groups in total. The molecule has 0 aromatic heterocycles. The number of benzene rings is 1. The van der Waals surface area contributed by atoms with E-state index in [1.165, 1.54) is 12.1 Å². The van der Waals surface area contributed by atoms with Crippen LogP contribution in [0.15, 0.2) is 22.7 Å². The van der Waals surface area contributed by atoms with Crippen molar-refractivity contribution in [1.82, 2.24) is 4.90 Å². The first-order chi connectivity index (χ1) is 9.88. The molecule has 1 aromatic carbocycles. The zero-order valence-electron chi connectivity index (χ0n) is 11.5. The predicted molar refractivity (Wildman–Crippen MR) is 79.5 cm³/mol. The maximum Gasteiger partial charge on any atom is 0.321 e. The van der Waals surface area contributed by atoms with E-state index < -0.39 is 23.7 Å². The number of carboxylic acid groups (broad SMARTS) is 1. The summed E-state index contributed by atoms with van der Waals surface area (Å²) in [6.07, 6.45) is 0.733. The van der Waals surface area contributed by atoms with Gasteiger partial charge in [0.15, 0.2) is 0 Å². The number of carbonyl (C=O) groups excluding carboxylic acids is 1. The fourth-order valence-electron chi connectivity index (χ4n) is 2.57. The van der Waals surface area contributed by atoms with Crippen molar-refractivity contribution >= 4 is 33.5 Å². The Labute approximate surface area is 130 Å². The number of hydrogen-bond donors (Lipinski definition) is 2. The Hall–Kier alpha value is -1.47. The molecule has 1 fully saturated rings. The maximum absolute atomic E-state index is 13.6. The van der Waals surface area contributed by atoms with Gasteiger partial charge in [-0.1, -0.05) is 22.9 Å². The number of carbonyl (C=O) groups is 2. The van der Waals surface area contributed by atoms with E-state index in [1.807, 2.05) is 6.92 Å². The third-order valence-corrected chi connectivity index (χ3v) is 4.10. The van der Waals surface area contributed by atoms with Crippen LogP contribution in [0.2, 0.25) is 0 Å². The van der Waals surface area contributed by atoms with Gasteiger partial charge in [0.1, 0.15) is 11.9 Å². The molecule has 1 aliphatic heterocycles. The second kappa shape index (κ2) is 6.53. The van der Waals surface area contributed by atoms with Crippen molar-refractivity contribution < 1.29 is 19.1 Å². The minimum Gasteiger partial charge on any atom is -0.480 e. The Bertz CT molecular complexity index is 567. The molecule has 2 atom stereocenters. The van der Waals surface area contributed by atoms with Gasteiger partial charge in [0.05, 0.1) is 12.2 Å². The van der Waals surface area contributed by atoms with Crippen LogP contribution in [0.4, 0.5) is 10.1 Å². The zero-order chi connectivity index (χ0) is 15.6. The summed E-state index contributed by atoms with van der Waals surface area (Å²) < 4.78 is 14.2. The zero-order valence-corrected chi connectivity index (χ0v) is 13.1. The first-order valence-electron chi connectivity index (χ1n) is 6.60. The van der Waals surface area contributed by atoms with Crippen LogP contribution < -0.4 is 5.32 Å². The first-order valence-corrected chi connectivity index (χ1v) is 7.39. The number of aliphatic carboxylic acids is 1. The van der Waals surface area contributed by atoms with Crippen molar-refractivity contribution in [3.63, 3.8) is 0 Å². The molecule has 0 bridgehead atoms. The third kappa shape index (κ3) is 3.79. The third-order valence-electron chi connectivity index (χ3n) is 3.61. The van der Waals surface area contributed by atoms with Crippen LogP contribution >= 0.6 is 15.9 Å². The van der Waals surface area contributed by atoms with Crippen molar-refractivity contribution in [2.24, 2.45) is 5.92 Å². The minimum absolute atomic E-state index is 0.000262.